The number of pyridine rings is 1. The minimum Gasteiger partial charge on any atom is -0.336 e. The predicted octanol–water partition coefficient (Wildman–Crippen LogP) is 2.53. The standard InChI is InChI=1S/C14H21N3O.2ClH/c1-2-11-17(13-5-9-16-10-6-13)14(18)12-3-7-15-8-4-12;;/h3-4,7-8,13,16H,2,5-6,9-11H2,1H3;2*1H. The smallest absolute Gasteiger partial charge is 0.254 e. The van der Waals surface area contributed by atoms with Crippen LogP contribution in [0.3, 0.4) is 0 Å². The van der Waals surface area contributed by atoms with E-state index in [1.807, 2.05) is 4.90 Å². The average molecular weight is 320 g/mol. The summed E-state index contributed by atoms with van der Waals surface area (Å²) in [5, 5.41) is 3.34. The SMILES string of the molecule is CCCN(C(=O)c1ccncc1)C1CCNCC1.Cl.Cl. The molecular formula is C14H23Cl2N3O. The molecule has 0 unspecified atom stereocenters. The van der Waals surface area contributed by atoms with Gasteiger partial charge in [-0.2, -0.15) is 0 Å². The Balaban J connectivity index is 0.00000180. The van der Waals surface area contributed by atoms with Crippen LogP contribution in [0, 0.1) is 0 Å². The van der Waals surface area contributed by atoms with Gasteiger partial charge in [-0.15, -0.1) is 24.8 Å². The van der Waals surface area contributed by atoms with Crippen LogP contribution < -0.4 is 5.32 Å². The number of rotatable bonds is 4. The molecule has 1 N–H and O–H groups in total. The van der Waals surface area contributed by atoms with Gasteiger partial charge in [-0.3, -0.25) is 9.78 Å². The first kappa shape index (κ1) is 19.2. The first-order valence-corrected chi connectivity index (χ1v) is 6.74. The summed E-state index contributed by atoms with van der Waals surface area (Å²) in [4.78, 5) is 18.5. The third kappa shape index (κ3) is 4.93. The molecule has 2 heterocycles. The van der Waals surface area contributed by atoms with Crippen LogP contribution in [-0.4, -0.2) is 41.5 Å². The van der Waals surface area contributed by atoms with E-state index in [1.54, 1.807) is 24.5 Å². The van der Waals surface area contributed by atoms with Gasteiger partial charge in [-0.05, 0) is 44.5 Å². The molecule has 0 aromatic carbocycles. The zero-order chi connectivity index (χ0) is 12.8. The Morgan fingerprint density at radius 2 is 1.90 bits per heavy atom. The number of amides is 1. The van der Waals surface area contributed by atoms with Gasteiger partial charge >= 0.3 is 0 Å². The van der Waals surface area contributed by atoms with Gasteiger partial charge in [0.1, 0.15) is 0 Å². The Bertz CT molecular complexity index is 383. The Kier molecular flexibility index (Phi) is 9.55. The lowest BCUT2D eigenvalue weighted by Crippen LogP contribution is -2.46. The second-order valence-corrected chi connectivity index (χ2v) is 4.72. The number of carbonyl (C=O) groups excluding carboxylic acids is 1. The molecule has 1 aliphatic heterocycles. The Hall–Kier alpha value is -0.840. The second kappa shape index (κ2) is 9.97. The van der Waals surface area contributed by atoms with Gasteiger partial charge in [0.05, 0.1) is 0 Å². The number of nitrogens with zero attached hydrogens (tertiary/aromatic N) is 2. The van der Waals surface area contributed by atoms with Crippen LogP contribution >= 0.6 is 24.8 Å². The zero-order valence-corrected chi connectivity index (χ0v) is 13.4. The Morgan fingerprint density at radius 3 is 2.45 bits per heavy atom. The van der Waals surface area contributed by atoms with Crippen molar-refractivity contribution in [3.05, 3.63) is 30.1 Å². The van der Waals surface area contributed by atoms with E-state index >= 15 is 0 Å². The maximum Gasteiger partial charge on any atom is 0.254 e. The number of halogens is 2. The fourth-order valence-electron chi connectivity index (χ4n) is 2.47. The van der Waals surface area contributed by atoms with Gasteiger partial charge in [0.25, 0.3) is 5.91 Å². The largest absolute Gasteiger partial charge is 0.336 e. The average Bonchev–Trinajstić information content (AvgIpc) is 2.46. The summed E-state index contributed by atoms with van der Waals surface area (Å²) in [5.41, 5.74) is 0.747. The van der Waals surface area contributed by atoms with E-state index in [4.69, 9.17) is 0 Å². The molecule has 0 saturated carbocycles. The van der Waals surface area contributed by atoms with E-state index in [2.05, 4.69) is 17.2 Å². The van der Waals surface area contributed by atoms with E-state index in [1.165, 1.54) is 0 Å². The van der Waals surface area contributed by atoms with Crippen molar-refractivity contribution in [2.75, 3.05) is 19.6 Å². The van der Waals surface area contributed by atoms with Gasteiger partial charge in [0.15, 0.2) is 0 Å². The molecule has 0 bridgehead atoms. The summed E-state index contributed by atoms with van der Waals surface area (Å²) in [6.45, 7) is 4.97. The number of nitrogens with one attached hydrogen (secondary N) is 1. The van der Waals surface area contributed by atoms with Crippen LogP contribution in [0.1, 0.15) is 36.5 Å². The van der Waals surface area contributed by atoms with Crippen LogP contribution in [-0.2, 0) is 0 Å². The van der Waals surface area contributed by atoms with Gasteiger partial charge in [0, 0.05) is 30.5 Å². The highest BCUT2D eigenvalue weighted by molar-refractivity contribution is 5.94. The molecule has 6 heteroatoms. The van der Waals surface area contributed by atoms with Crippen molar-refractivity contribution in [3.8, 4) is 0 Å². The van der Waals surface area contributed by atoms with E-state index in [-0.39, 0.29) is 30.7 Å². The molecular weight excluding hydrogens is 297 g/mol. The number of hydrogen-bond donors (Lipinski definition) is 1. The van der Waals surface area contributed by atoms with Crippen LogP contribution in [0.2, 0.25) is 0 Å². The van der Waals surface area contributed by atoms with Gasteiger partial charge in [-0.1, -0.05) is 6.92 Å². The van der Waals surface area contributed by atoms with Crippen LogP contribution in [0.5, 0.6) is 0 Å². The third-order valence-electron chi connectivity index (χ3n) is 3.40. The van der Waals surface area contributed by atoms with Crippen molar-refractivity contribution in [1.82, 2.24) is 15.2 Å². The van der Waals surface area contributed by atoms with E-state index < -0.39 is 0 Å². The summed E-state index contributed by atoms with van der Waals surface area (Å²) in [5.74, 6) is 0.145. The minimum atomic E-state index is 0. The van der Waals surface area contributed by atoms with Gasteiger partial charge in [0.2, 0.25) is 0 Å². The highest BCUT2D eigenvalue weighted by Gasteiger charge is 2.25. The third-order valence-corrected chi connectivity index (χ3v) is 3.40. The predicted molar refractivity (Wildman–Crippen MR) is 86.0 cm³/mol. The number of aromatic nitrogens is 1. The van der Waals surface area contributed by atoms with Crippen molar-refractivity contribution in [1.29, 1.82) is 0 Å². The maximum absolute atomic E-state index is 12.5. The summed E-state index contributed by atoms with van der Waals surface area (Å²) in [6, 6.07) is 3.98. The van der Waals surface area contributed by atoms with Crippen molar-refractivity contribution < 1.29 is 4.79 Å². The van der Waals surface area contributed by atoms with Crippen molar-refractivity contribution in [3.63, 3.8) is 0 Å². The highest BCUT2D eigenvalue weighted by atomic mass is 35.5. The van der Waals surface area contributed by atoms with Crippen molar-refractivity contribution in [2.24, 2.45) is 0 Å². The monoisotopic (exact) mass is 319 g/mol. The van der Waals surface area contributed by atoms with E-state index in [0.29, 0.717) is 6.04 Å². The molecule has 1 fully saturated rings. The van der Waals surface area contributed by atoms with Crippen LogP contribution in [0.25, 0.3) is 0 Å². The lowest BCUT2D eigenvalue weighted by molar-refractivity contribution is 0.0642. The molecule has 1 aromatic heterocycles. The minimum absolute atomic E-state index is 0. The van der Waals surface area contributed by atoms with Gasteiger partial charge in [-0.25, -0.2) is 0 Å². The Labute approximate surface area is 133 Å². The molecule has 2 rings (SSSR count). The second-order valence-electron chi connectivity index (χ2n) is 4.72. The molecule has 1 saturated heterocycles. The fourth-order valence-corrected chi connectivity index (χ4v) is 2.47. The van der Waals surface area contributed by atoms with E-state index in [9.17, 15) is 4.79 Å². The number of carbonyl (C=O) groups is 1. The molecule has 1 aromatic rings. The molecule has 0 spiro atoms. The van der Waals surface area contributed by atoms with Gasteiger partial charge < -0.3 is 10.2 Å². The zero-order valence-electron chi connectivity index (χ0n) is 11.7. The summed E-state index contributed by atoms with van der Waals surface area (Å²) >= 11 is 0. The normalized spacial score (nSPS) is 14.8. The Morgan fingerprint density at radius 1 is 1.30 bits per heavy atom. The van der Waals surface area contributed by atoms with Crippen molar-refractivity contribution >= 4 is 30.7 Å². The lowest BCUT2D eigenvalue weighted by Gasteiger charge is -2.34. The van der Waals surface area contributed by atoms with Crippen LogP contribution in [0.4, 0.5) is 0 Å². The fraction of sp³-hybridized carbons (Fsp3) is 0.571. The summed E-state index contributed by atoms with van der Waals surface area (Å²) in [7, 11) is 0. The number of hydrogen-bond acceptors (Lipinski definition) is 3. The summed E-state index contributed by atoms with van der Waals surface area (Å²) < 4.78 is 0. The first-order chi connectivity index (χ1) is 8.83. The maximum atomic E-state index is 12.5. The van der Waals surface area contributed by atoms with E-state index in [0.717, 1.165) is 44.5 Å². The molecule has 4 nitrogen and oxygen atoms in total. The summed E-state index contributed by atoms with van der Waals surface area (Å²) in [6.07, 6.45) is 6.47. The first-order valence-electron chi connectivity index (χ1n) is 6.74. The van der Waals surface area contributed by atoms with Crippen LogP contribution in [0.15, 0.2) is 24.5 Å². The molecule has 0 atom stereocenters. The molecule has 20 heavy (non-hydrogen) atoms. The molecule has 114 valence electrons. The molecule has 0 radical (unpaired) electrons. The lowest BCUT2D eigenvalue weighted by atomic mass is 10.0. The van der Waals surface area contributed by atoms with Crippen molar-refractivity contribution in [2.45, 2.75) is 32.2 Å². The number of piperidine rings is 1. The highest BCUT2D eigenvalue weighted by Crippen LogP contribution is 2.15. The molecule has 1 amide bonds. The molecule has 0 aliphatic carbocycles. The molecule has 1 aliphatic rings. The quantitative estimate of drug-likeness (QED) is 0.927. The topological polar surface area (TPSA) is 45.2 Å².